The second-order valence-electron chi connectivity index (χ2n) is 5.72. The number of nitrogens with one attached hydrogen (secondary N) is 1. The summed E-state index contributed by atoms with van der Waals surface area (Å²) in [6, 6.07) is 21.6. The Morgan fingerprint density at radius 3 is 2.17 bits per heavy atom. The number of rotatable bonds is 7. The van der Waals surface area contributed by atoms with Gasteiger partial charge in [0.2, 0.25) is 5.91 Å². The number of benzene rings is 2. The predicted octanol–water partition coefficient (Wildman–Crippen LogP) is 3.22. The fraction of sp³-hybridized carbons (Fsp3) is 0.150. The van der Waals surface area contributed by atoms with Gasteiger partial charge < -0.3 is 15.6 Å². The lowest BCUT2D eigenvalue weighted by Gasteiger charge is -2.15. The van der Waals surface area contributed by atoms with Crippen molar-refractivity contribution in [1.82, 2.24) is 4.57 Å². The van der Waals surface area contributed by atoms with Gasteiger partial charge in [0.1, 0.15) is 0 Å². The summed E-state index contributed by atoms with van der Waals surface area (Å²) in [6.45, 7) is 1.74. The van der Waals surface area contributed by atoms with E-state index in [1.54, 1.807) is 0 Å². The van der Waals surface area contributed by atoms with Crippen molar-refractivity contribution in [3.05, 3.63) is 90.3 Å². The van der Waals surface area contributed by atoms with Crippen LogP contribution in [0.1, 0.15) is 17.0 Å². The molecule has 2 aromatic carbocycles. The van der Waals surface area contributed by atoms with Crippen LogP contribution in [0, 0.1) is 0 Å². The molecule has 3 aromatic rings. The van der Waals surface area contributed by atoms with E-state index in [1.165, 1.54) is 0 Å². The van der Waals surface area contributed by atoms with Gasteiger partial charge >= 0.3 is 0 Å². The van der Waals surface area contributed by atoms with Crippen molar-refractivity contribution in [3.63, 3.8) is 0 Å². The monoisotopic (exact) mass is 319 g/mol. The Hall–Kier alpha value is -3.01. The van der Waals surface area contributed by atoms with Gasteiger partial charge in [-0.05, 0) is 35.4 Å². The van der Waals surface area contributed by atoms with E-state index in [2.05, 4.69) is 9.88 Å². The molecule has 0 aliphatic carbocycles. The molecule has 4 heteroatoms. The van der Waals surface area contributed by atoms with Crippen LogP contribution < -0.4 is 11.1 Å². The number of carbonyl (C=O) groups excluding carboxylic acids is 1. The Morgan fingerprint density at radius 1 is 0.917 bits per heavy atom. The summed E-state index contributed by atoms with van der Waals surface area (Å²) >= 11 is 0. The van der Waals surface area contributed by atoms with Crippen LogP contribution in [0.25, 0.3) is 0 Å². The van der Waals surface area contributed by atoms with Crippen molar-refractivity contribution in [1.29, 1.82) is 0 Å². The fourth-order valence-electron chi connectivity index (χ4n) is 2.81. The van der Waals surface area contributed by atoms with Crippen molar-refractivity contribution >= 4 is 11.6 Å². The minimum absolute atomic E-state index is 0.338. The topological polar surface area (TPSA) is 60.1 Å². The predicted molar refractivity (Wildman–Crippen MR) is 96.8 cm³/mol. The van der Waals surface area contributed by atoms with Crippen LogP contribution in [-0.4, -0.2) is 17.0 Å². The number of hydrogen-bond donors (Lipinski definition) is 2. The molecule has 24 heavy (non-hydrogen) atoms. The second kappa shape index (κ2) is 7.51. The Kier molecular flexibility index (Phi) is 4.96. The molecule has 3 rings (SSSR count). The Bertz CT molecular complexity index is 764. The summed E-state index contributed by atoms with van der Waals surface area (Å²) < 4.78 is 2.12. The highest BCUT2D eigenvalue weighted by atomic mass is 16.1. The first-order valence-electron chi connectivity index (χ1n) is 8.03. The number of aromatic nitrogens is 1. The molecule has 0 spiro atoms. The summed E-state index contributed by atoms with van der Waals surface area (Å²) in [5, 5.41) is 3.38. The number of nitrogens with zero attached hydrogens (tertiary/aromatic N) is 1. The number of primary amides is 1. The second-order valence-corrected chi connectivity index (χ2v) is 5.72. The van der Waals surface area contributed by atoms with Crippen molar-refractivity contribution in [3.8, 4) is 0 Å². The van der Waals surface area contributed by atoms with Gasteiger partial charge in [-0.15, -0.1) is 0 Å². The van der Waals surface area contributed by atoms with E-state index in [-0.39, 0.29) is 5.91 Å². The van der Waals surface area contributed by atoms with Gasteiger partial charge in [-0.1, -0.05) is 42.5 Å². The lowest BCUT2D eigenvalue weighted by molar-refractivity contribution is -0.118. The maximum atomic E-state index is 11.9. The smallest absolute Gasteiger partial charge is 0.229 e. The van der Waals surface area contributed by atoms with E-state index in [0.717, 1.165) is 29.9 Å². The van der Waals surface area contributed by atoms with Gasteiger partial charge in [-0.2, -0.15) is 0 Å². The highest BCUT2D eigenvalue weighted by molar-refractivity contribution is 5.85. The average molecular weight is 319 g/mol. The van der Waals surface area contributed by atoms with Crippen LogP contribution in [0.2, 0.25) is 0 Å². The molecule has 0 saturated heterocycles. The molecule has 0 bridgehead atoms. The number of carbonyl (C=O) groups is 1. The normalized spacial score (nSPS) is 11.8. The summed E-state index contributed by atoms with van der Waals surface area (Å²) in [7, 11) is 0. The molecule has 0 radical (unpaired) electrons. The first-order chi connectivity index (χ1) is 11.7. The molecule has 0 fully saturated rings. The van der Waals surface area contributed by atoms with Gasteiger partial charge in [-0.25, -0.2) is 0 Å². The van der Waals surface area contributed by atoms with Crippen LogP contribution in [0.15, 0.2) is 79.1 Å². The molecule has 122 valence electrons. The lowest BCUT2D eigenvalue weighted by Crippen LogP contribution is -2.22. The molecule has 0 aliphatic heterocycles. The van der Waals surface area contributed by atoms with E-state index >= 15 is 0 Å². The van der Waals surface area contributed by atoms with Gasteiger partial charge in [0, 0.05) is 31.2 Å². The number of anilines is 1. The minimum Gasteiger partial charge on any atom is -0.383 e. The fourth-order valence-corrected chi connectivity index (χ4v) is 2.81. The Labute approximate surface area is 141 Å². The molecule has 3 N–H and O–H groups in total. The average Bonchev–Trinajstić information content (AvgIpc) is 3.11. The molecule has 4 nitrogen and oxygen atoms in total. The van der Waals surface area contributed by atoms with Gasteiger partial charge in [0.25, 0.3) is 0 Å². The molecule has 1 aromatic heterocycles. The third-order valence-corrected chi connectivity index (χ3v) is 4.03. The molecule has 0 aliphatic rings. The van der Waals surface area contributed by atoms with E-state index in [0.29, 0.717) is 0 Å². The molecule has 1 heterocycles. The van der Waals surface area contributed by atoms with Crippen molar-refractivity contribution < 1.29 is 4.79 Å². The first kappa shape index (κ1) is 15.9. The van der Waals surface area contributed by atoms with Crippen LogP contribution in [0.3, 0.4) is 0 Å². The maximum absolute atomic E-state index is 11.9. The standard InChI is InChI=1S/C20H21N3O/c21-20(24)19(16-6-2-1-3-7-16)17-8-10-18(11-9-17)22-12-15-23-13-4-5-14-23/h1-11,13-14,19,22H,12,15H2,(H2,21,24). The van der Waals surface area contributed by atoms with Crippen molar-refractivity contribution in [2.45, 2.75) is 12.5 Å². The summed E-state index contributed by atoms with van der Waals surface area (Å²) in [5.74, 6) is -0.755. The number of nitrogens with two attached hydrogens (primary N) is 1. The van der Waals surface area contributed by atoms with Gasteiger partial charge in [0.05, 0.1) is 5.92 Å². The summed E-state index contributed by atoms with van der Waals surface area (Å²) in [4.78, 5) is 11.9. The summed E-state index contributed by atoms with van der Waals surface area (Å²) in [6.07, 6.45) is 4.09. The Morgan fingerprint density at radius 2 is 1.54 bits per heavy atom. The van der Waals surface area contributed by atoms with Gasteiger partial charge in [0.15, 0.2) is 0 Å². The third-order valence-electron chi connectivity index (χ3n) is 4.03. The van der Waals surface area contributed by atoms with Crippen LogP contribution in [-0.2, 0) is 11.3 Å². The Balaban J connectivity index is 1.67. The largest absolute Gasteiger partial charge is 0.383 e. The quantitative estimate of drug-likeness (QED) is 0.702. The number of amides is 1. The minimum atomic E-state index is -0.417. The van der Waals surface area contributed by atoms with E-state index < -0.39 is 5.92 Å². The maximum Gasteiger partial charge on any atom is 0.229 e. The molecular formula is C20H21N3O. The van der Waals surface area contributed by atoms with Crippen LogP contribution >= 0.6 is 0 Å². The highest BCUT2D eigenvalue weighted by Gasteiger charge is 2.19. The summed E-state index contributed by atoms with van der Waals surface area (Å²) in [5.41, 5.74) is 8.47. The third kappa shape index (κ3) is 3.84. The molecule has 1 unspecified atom stereocenters. The van der Waals surface area contributed by atoms with Crippen molar-refractivity contribution in [2.75, 3.05) is 11.9 Å². The van der Waals surface area contributed by atoms with Crippen LogP contribution in [0.5, 0.6) is 0 Å². The number of hydrogen-bond acceptors (Lipinski definition) is 2. The molecule has 0 saturated carbocycles. The zero-order valence-electron chi connectivity index (χ0n) is 13.4. The zero-order chi connectivity index (χ0) is 16.8. The van der Waals surface area contributed by atoms with E-state index in [9.17, 15) is 4.79 Å². The molecule has 1 atom stereocenters. The van der Waals surface area contributed by atoms with E-state index in [1.807, 2.05) is 79.1 Å². The zero-order valence-corrected chi connectivity index (χ0v) is 13.4. The van der Waals surface area contributed by atoms with Crippen molar-refractivity contribution in [2.24, 2.45) is 5.73 Å². The van der Waals surface area contributed by atoms with E-state index in [4.69, 9.17) is 5.73 Å². The SMILES string of the molecule is NC(=O)C(c1ccccc1)c1ccc(NCCn2cccc2)cc1. The first-order valence-corrected chi connectivity index (χ1v) is 8.03. The molecular weight excluding hydrogens is 298 g/mol. The highest BCUT2D eigenvalue weighted by Crippen LogP contribution is 2.25. The van der Waals surface area contributed by atoms with Crippen LogP contribution in [0.4, 0.5) is 5.69 Å². The van der Waals surface area contributed by atoms with Gasteiger partial charge in [-0.3, -0.25) is 4.79 Å². The lowest BCUT2D eigenvalue weighted by atomic mass is 9.90. The molecule has 1 amide bonds.